The normalized spacial score (nSPS) is 13.6. The third-order valence-corrected chi connectivity index (χ3v) is 8.04. The maximum atomic E-state index is 13.7. The van der Waals surface area contributed by atoms with Crippen LogP contribution in [0.4, 0.5) is 0 Å². The van der Waals surface area contributed by atoms with E-state index in [0.717, 1.165) is 42.1 Å². The Morgan fingerprint density at radius 3 is 1.52 bits per heavy atom. The summed E-state index contributed by atoms with van der Waals surface area (Å²) in [4.78, 5) is 38.7. The summed E-state index contributed by atoms with van der Waals surface area (Å²) in [5.41, 5.74) is 3.94. The van der Waals surface area contributed by atoms with Gasteiger partial charge >= 0.3 is 0 Å². The van der Waals surface area contributed by atoms with Gasteiger partial charge in [-0.05, 0) is 22.9 Å². The highest BCUT2D eigenvalue weighted by molar-refractivity contribution is 7.21. The van der Waals surface area contributed by atoms with Crippen molar-refractivity contribution in [3.63, 3.8) is 0 Å². The van der Waals surface area contributed by atoms with Crippen LogP contribution in [-0.2, 0) is 0 Å². The van der Waals surface area contributed by atoms with E-state index >= 15 is 0 Å². The predicted molar refractivity (Wildman–Crippen MR) is 130 cm³/mol. The van der Waals surface area contributed by atoms with Crippen molar-refractivity contribution in [2.24, 2.45) is 0 Å². The van der Waals surface area contributed by atoms with Crippen molar-refractivity contribution in [1.82, 2.24) is 9.97 Å². The van der Waals surface area contributed by atoms with E-state index in [1.165, 1.54) is 0 Å². The average Bonchev–Trinajstić information content (AvgIpc) is 3.26. The quantitative estimate of drug-likeness (QED) is 0.273. The highest BCUT2D eigenvalue weighted by atomic mass is 32.1. The molecule has 2 aliphatic rings. The maximum absolute atomic E-state index is 13.7. The molecule has 152 valence electrons. The third kappa shape index (κ3) is 1.97. The van der Waals surface area contributed by atoms with E-state index in [1.54, 1.807) is 11.3 Å². The van der Waals surface area contributed by atoms with Gasteiger partial charge in [-0.2, -0.15) is 0 Å². The topological polar surface area (TPSA) is 59.9 Å². The molecule has 0 saturated heterocycles. The summed E-state index contributed by atoms with van der Waals surface area (Å²) in [6, 6.07) is 19.3. The van der Waals surface area contributed by atoms with Crippen LogP contribution < -0.4 is 0 Å². The lowest BCUT2D eigenvalue weighted by Gasteiger charge is -2.20. The van der Waals surface area contributed by atoms with Crippen LogP contribution in [0.3, 0.4) is 0 Å². The molecule has 0 spiro atoms. The van der Waals surface area contributed by atoms with E-state index in [0.29, 0.717) is 33.6 Å². The summed E-state index contributed by atoms with van der Waals surface area (Å²) >= 11 is 1.58. The van der Waals surface area contributed by atoms with Gasteiger partial charge in [-0.1, -0.05) is 48.5 Å². The van der Waals surface area contributed by atoms with Crippen molar-refractivity contribution >= 4 is 55.2 Å². The van der Waals surface area contributed by atoms with Crippen molar-refractivity contribution in [3.05, 3.63) is 95.3 Å². The smallest absolute Gasteiger partial charge is 0.196 e. The molecule has 6 aromatic rings. The summed E-state index contributed by atoms with van der Waals surface area (Å²) in [7, 11) is 0. The van der Waals surface area contributed by atoms with Crippen molar-refractivity contribution in [2.45, 2.75) is 0 Å². The third-order valence-electron chi connectivity index (χ3n) is 6.84. The van der Waals surface area contributed by atoms with Crippen LogP contribution >= 0.6 is 11.3 Å². The molecule has 0 fully saturated rings. The molecule has 0 radical (unpaired) electrons. The molecule has 0 aliphatic heterocycles. The summed E-state index contributed by atoms with van der Waals surface area (Å²) in [5.74, 6) is -0.0789. The van der Waals surface area contributed by atoms with Crippen LogP contribution in [0.1, 0.15) is 31.8 Å². The summed E-state index contributed by atoms with van der Waals surface area (Å²) in [6.07, 6.45) is 3.65. The molecule has 0 unspecified atom stereocenters. The zero-order valence-corrected chi connectivity index (χ0v) is 17.9. The number of ketones is 2. The van der Waals surface area contributed by atoms with Gasteiger partial charge in [-0.25, -0.2) is 0 Å². The maximum Gasteiger partial charge on any atom is 0.196 e. The van der Waals surface area contributed by atoms with E-state index < -0.39 is 0 Å². The fourth-order valence-electron chi connectivity index (χ4n) is 5.39. The fraction of sp³-hybridized carbons (Fsp3) is 0. The van der Waals surface area contributed by atoms with E-state index in [2.05, 4.69) is 0 Å². The van der Waals surface area contributed by atoms with Crippen LogP contribution in [0.5, 0.6) is 0 Å². The van der Waals surface area contributed by atoms with Gasteiger partial charge < -0.3 is 0 Å². The second-order valence-electron chi connectivity index (χ2n) is 8.47. The van der Waals surface area contributed by atoms with E-state index in [9.17, 15) is 9.59 Å². The van der Waals surface area contributed by atoms with Gasteiger partial charge in [0.25, 0.3) is 0 Å². The molecule has 0 atom stereocenters. The van der Waals surface area contributed by atoms with Crippen molar-refractivity contribution in [2.75, 3.05) is 0 Å². The van der Waals surface area contributed by atoms with Gasteiger partial charge in [0.05, 0.1) is 32.3 Å². The number of hydrogen-bond acceptors (Lipinski definition) is 5. The monoisotopic (exact) mass is 440 g/mol. The number of benzene rings is 3. The number of pyridine rings is 2. The largest absolute Gasteiger partial charge is 0.288 e. The Labute approximate surface area is 191 Å². The Balaban J connectivity index is 1.56. The SMILES string of the molecule is O=C1c2c(ncc3ccccc23)-c2sc3c4c(ccc1c24)C(=O)c1c-3ncc2ccccc12. The van der Waals surface area contributed by atoms with Crippen molar-refractivity contribution < 1.29 is 9.59 Å². The number of carbonyl (C=O) groups excluding carboxylic acids is 2. The average molecular weight is 440 g/mol. The van der Waals surface area contributed by atoms with Gasteiger partial charge in [-0.3, -0.25) is 19.6 Å². The highest BCUT2D eigenvalue weighted by Gasteiger charge is 2.37. The number of aromatic nitrogens is 2. The van der Waals surface area contributed by atoms with Crippen LogP contribution in [-0.4, -0.2) is 21.5 Å². The summed E-state index contributed by atoms with van der Waals surface area (Å²) in [5, 5.41) is 5.36. The molecule has 0 bridgehead atoms. The molecular formula is C28H12N2O2S. The fourth-order valence-corrected chi connectivity index (χ4v) is 6.73. The Morgan fingerprint density at radius 2 is 1.03 bits per heavy atom. The number of hydrogen-bond donors (Lipinski definition) is 0. The molecule has 5 heteroatoms. The highest BCUT2D eigenvalue weighted by Crippen LogP contribution is 2.53. The minimum Gasteiger partial charge on any atom is -0.288 e. The van der Waals surface area contributed by atoms with E-state index in [4.69, 9.17) is 9.97 Å². The molecule has 2 aliphatic carbocycles. The zero-order chi connectivity index (χ0) is 21.8. The lowest BCUT2D eigenvalue weighted by molar-refractivity contribution is 0.103. The lowest BCUT2D eigenvalue weighted by Crippen LogP contribution is -2.14. The minimum absolute atomic E-state index is 0.0394. The second-order valence-corrected chi connectivity index (χ2v) is 9.49. The zero-order valence-electron chi connectivity index (χ0n) is 17.0. The van der Waals surface area contributed by atoms with Gasteiger partial charge in [0.15, 0.2) is 11.6 Å². The van der Waals surface area contributed by atoms with Crippen molar-refractivity contribution in [1.29, 1.82) is 0 Å². The number of fused-ring (bicyclic) bond motifs is 8. The van der Waals surface area contributed by atoms with Crippen LogP contribution in [0.2, 0.25) is 0 Å². The molecule has 3 aromatic carbocycles. The Morgan fingerprint density at radius 1 is 0.576 bits per heavy atom. The summed E-state index contributed by atoms with van der Waals surface area (Å²) in [6.45, 7) is 0. The number of rotatable bonds is 0. The Hall–Kier alpha value is -4.22. The predicted octanol–water partition coefficient (Wildman–Crippen LogP) is 6.42. The van der Waals surface area contributed by atoms with Gasteiger partial charge in [0.1, 0.15) is 0 Å². The minimum atomic E-state index is -0.0394. The standard InChI is InChI=1S/C28H12N2O2S/c31-25-17-9-10-18-20-19(17)27(23-21(25)15-7-3-1-5-13(15)11-29-23)33-28(20)24-22(26(18)32)16-8-4-2-6-14(16)12-30-24/h1-12H. The van der Waals surface area contributed by atoms with Gasteiger partial charge in [0, 0.05) is 45.1 Å². The molecule has 3 aromatic heterocycles. The molecule has 0 saturated carbocycles. The van der Waals surface area contributed by atoms with Crippen LogP contribution in [0, 0.1) is 0 Å². The van der Waals surface area contributed by atoms with Crippen molar-refractivity contribution in [3.8, 4) is 21.1 Å². The molecule has 4 nitrogen and oxygen atoms in total. The number of carbonyl (C=O) groups is 2. The van der Waals surface area contributed by atoms with Crippen LogP contribution in [0.15, 0.2) is 73.1 Å². The van der Waals surface area contributed by atoms with Gasteiger partial charge in [0.2, 0.25) is 0 Å². The molecule has 3 heterocycles. The Bertz CT molecular complexity index is 1780. The molecular weight excluding hydrogens is 428 g/mol. The molecule has 33 heavy (non-hydrogen) atoms. The Kier molecular flexibility index (Phi) is 3.03. The number of thiophene rings is 1. The lowest BCUT2D eigenvalue weighted by atomic mass is 9.82. The number of nitrogens with zero attached hydrogens (tertiary/aromatic N) is 2. The molecule has 8 rings (SSSR count). The second kappa shape index (κ2) is 5.77. The van der Waals surface area contributed by atoms with E-state index in [1.807, 2.05) is 73.1 Å². The first kappa shape index (κ1) is 17.3. The first-order chi connectivity index (χ1) is 16.2. The molecule has 0 amide bonds. The first-order valence-corrected chi connectivity index (χ1v) is 11.5. The first-order valence-electron chi connectivity index (χ1n) is 10.7. The van der Waals surface area contributed by atoms with E-state index in [-0.39, 0.29) is 11.6 Å². The van der Waals surface area contributed by atoms with Crippen LogP contribution in [0.25, 0.3) is 53.5 Å². The summed E-state index contributed by atoms with van der Waals surface area (Å²) < 4.78 is 0. The van der Waals surface area contributed by atoms with Gasteiger partial charge in [-0.15, -0.1) is 11.3 Å². The molecule has 0 N–H and O–H groups in total.